The van der Waals surface area contributed by atoms with Crippen molar-refractivity contribution in [3.05, 3.63) is 71.3 Å². The molecule has 0 bridgehead atoms. The van der Waals surface area contributed by atoms with E-state index in [1.54, 1.807) is 48.4 Å². The predicted octanol–water partition coefficient (Wildman–Crippen LogP) is 2.59. The Morgan fingerprint density at radius 1 is 1.04 bits per heavy atom. The smallest absolute Gasteiger partial charge is 0.339 e. The zero-order chi connectivity index (χ0) is 19.1. The summed E-state index contributed by atoms with van der Waals surface area (Å²) in [5, 5.41) is 0. The number of hydrogen-bond acceptors (Lipinski definition) is 5. The fourth-order valence-corrected chi connectivity index (χ4v) is 2.92. The summed E-state index contributed by atoms with van der Waals surface area (Å²) in [6.45, 7) is 2.43. The summed E-state index contributed by atoms with van der Waals surface area (Å²) in [4.78, 5) is 27.3. The molecular weight excluding hydrogens is 346 g/mol. The Bertz CT molecular complexity index is 754. The Balaban J connectivity index is 1.78. The Labute approximate surface area is 158 Å². The van der Waals surface area contributed by atoms with E-state index in [4.69, 9.17) is 14.2 Å². The van der Waals surface area contributed by atoms with Gasteiger partial charge in [0.05, 0.1) is 25.4 Å². The minimum Gasteiger partial charge on any atom is -0.444 e. The van der Waals surface area contributed by atoms with Crippen LogP contribution in [0.5, 0.6) is 0 Å². The van der Waals surface area contributed by atoms with E-state index in [0.29, 0.717) is 44.0 Å². The maximum absolute atomic E-state index is 13.0. The quantitative estimate of drug-likeness (QED) is 0.733. The topological polar surface area (TPSA) is 65.1 Å². The minimum absolute atomic E-state index is 0.228. The second-order valence-electron chi connectivity index (χ2n) is 6.26. The van der Waals surface area contributed by atoms with Gasteiger partial charge in [0.15, 0.2) is 0 Å². The molecule has 6 heteroatoms. The van der Waals surface area contributed by atoms with Crippen LogP contribution in [0.25, 0.3) is 0 Å². The van der Waals surface area contributed by atoms with Gasteiger partial charge in [0.25, 0.3) is 5.91 Å². The first kappa shape index (κ1) is 19.1. The van der Waals surface area contributed by atoms with Crippen LogP contribution in [0, 0.1) is 0 Å². The molecule has 1 aliphatic heterocycles. The molecule has 1 amide bonds. The first-order valence-corrected chi connectivity index (χ1v) is 8.89. The highest BCUT2D eigenvalue weighted by molar-refractivity contribution is 5.92. The third-order valence-corrected chi connectivity index (χ3v) is 4.37. The lowest BCUT2D eigenvalue weighted by Crippen LogP contribution is -2.44. The molecule has 0 aliphatic carbocycles. The average Bonchev–Trinajstić information content (AvgIpc) is 2.73. The molecule has 1 aliphatic rings. The fourth-order valence-electron chi connectivity index (χ4n) is 2.92. The van der Waals surface area contributed by atoms with Crippen molar-refractivity contribution in [2.75, 3.05) is 33.4 Å². The van der Waals surface area contributed by atoms with E-state index in [1.165, 1.54) is 0 Å². The number of amides is 1. The number of benzene rings is 2. The zero-order valence-corrected chi connectivity index (χ0v) is 15.3. The predicted molar refractivity (Wildman–Crippen MR) is 99.2 cm³/mol. The van der Waals surface area contributed by atoms with E-state index in [0.717, 1.165) is 5.56 Å². The largest absolute Gasteiger partial charge is 0.444 e. The lowest BCUT2D eigenvalue weighted by molar-refractivity contribution is -0.145. The SMILES string of the molecule is COCc1ccc(C(=O)O[C@@H](C(=O)N2CCOCC2)c2ccccc2)cc1. The molecule has 142 valence electrons. The molecule has 27 heavy (non-hydrogen) atoms. The van der Waals surface area contributed by atoms with Crippen LogP contribution in [-0.2, 0) is 25.6 Å². The molecule has 1 atom stereocenters. The monoisotopic (exact) mass is 369 g/mol. The van der Waals surface area contributed by atoms with Crippen molar-refractivity contribution >= 4 is 11.9 Å². The summed E-state index contributed by atoms with van der Waals surface area (Å²) in [5.74, 6) is -0.761. The highest BCUT2D eigenvalue weighted by atomic mass is 16.5. The highest BCUT2D eigenvalue weighted by Crippen LogP contribution is 2.23. The molecule has 1 fully saturated rings. The first-order valence-electron chi connectivity index (χ1n) is 8.89. The zero-order valence-electron chi connectivity index (χ0n) is 15.3. The van der Waals surface area contributed by atoms with Gasteiger partial charge >= 0.3 is 5.97 Å². The van der Waals surface area contributed by atoms with Gasteiger partial charge in [-0.15, -0.1) is 0 Å². The van der Waals surface area contributed by atoms with Gasteiger partial charge in [-0.05, 0) is 17.7 Å². The van der Waals surface area contributed by atoms with Gasteiger partial charge < -0.3 is 19.1 Å². The number of hydrogen-bond donors (Lipinski definition) is 0. The van der Waals surface area contributed by atoms with Crippen LogP contribution < -0.4 is 0 Å². The van der Waals surface area contributed by atoms with E-state index in [2.05, 4.69) is 0 Å². The fraction of sp³-hybridized carbons (Fsp3) is 0.333. The van der Waals surface area contributed by atoms with Gasteiger partial charge in [0, 0.05) is 25.8 Å². The van der Waals surface area contributed by atoms with Crippen molar-refractivity contribution in [3.63, 3.8) is 0 Å². The van der Waals surface area contributed by atoms with Gasteiger partial charge in [0.2, 0.25) is 6.10 Å². The molecule has 0 unspecified atom stereocenters. The molecule has 6 nitrogen and oxygen atoms in total. The van der Waals surface area contributed by atoms with E-state index in [9.17, 15) is 9.59 Å². The average molecular weight is 369 g/mol. The molecular formula is C21H23NO5. The van der Waals surface area contributed by atoms with Gasteiger partial charge in [-0.2, -0.15) is 0 Å². The molecule has 0 spiro atoms. The highest BCUT2D eigenvalue weighted by Gasteiger charge is 2.30. The Morgan fingerprint density at radius 2 is 1.70 bits per heavy atom. The number of ether oxygens (including phenoxy) is 3. The number of carbonyl (C=O) groups excluding carboxylic acids is 2. The lowest BCUT2D eigenvalue weighted by atomic mass is 10.1. The third kappa shape index (κ3) is 4.93. The molecule has 0 N–H and O–H groups in total. The molecule has 3 rings (SSSR count). The van der Waals surface area contributed by atoms with Gasteiger partial charge in [-0.25, -0.2) is 4.79 Å². The van der Waals surface area contributed by atoms with E-state index in [-0.39, 0.29) is 5.91 Å². The van der Waals surface area contributed by atoms with Crippen LogP contribution in [-0.4, -0.2) is 50.2 Å². The third-order valence-electron chi connectivity index (χ3n) is 4.37. The van der Waals surface area contributed by atoms with Crippen molar-refractivity contribution in [1.29, 1.82) is 0 Å². The summed E-state index contributed by atoms with van der Waals surface area (Å²) < 4.78 is 16.0. The Kier molecular flexibility index (Phi) is 6.57. The van der Waals surface area contributed by atoms with Gasteiger partial charge in [0.1, 0.15) is 0 Å². The minimum atomic E-state index is -0.976. The first-order chi connectivity index (χ1) is 13.2. The second-order valence-corrected chi connectivity index (χ2v) is 6.26. The van der Waals surface area contributed by atoms with Crippen molar-refractivity contribution in [3.8, 4) is 0 Å². The van der Waals surface area contributed by atoms with Gasteiger partial charge in [-0.3, -0.25) is 4.79 Å². The summed E-state index contributed by atoms with van der Waals surface area (Å²) >= 11 is 0. The Hall–Kier alpha value is -2.70. The molecule has 2 aromatic rings. The van der Waals surface area contributed by atoms with E-state index >= 15 is 0 Å². The number of carbonyl (C=O) groups is 2. The van der Waals surface area contributed by atoms with Crippen LogP contribution in [0.1, 0.15) is 27.6 Å². The van der Waals surface area contributed by atoms with E-state index in [1.807, 2.05) is 18.2 Å². The van der Waals surface area contributed by atoms with Crippen molar-refractivity contribution < 1.29 is 23.8 Å². The molecule has 0 saturated carbocycles. The normalized spacial score (nSPS) is 15.2. The standard InChI is InChI=1S/C21H23NO5/c1-25-15-16-7-9-18(10-8-16)21(24)27-19(17-5-3-2-4-6-17)20(23)22-11-13-26-14-12-22/h2-10,19H,11-15H2,1H3/t19-/m1/s1. The van der Waals surface area contributed by atoms with Crippen LogP contribution in [0.15, 0.2) is 54.6 Å². The second kappa shape index (κ2) is 9.30. The summed E-state index contributed by atoms with van der Waals surface area (Å²) in [6.07, 6.45) is -0.976. The molecule has 1 heterocycles. The van der Waals surface area contributed by atoms with Crippen LogP contribution >= 0.6 is 0 Å². The molecule has 0 aromatic heterocycles. The number of methoxy groups -OCH3 is 1. The molecule has 0 radical (unpaired) electrons. The number of nitrogens with zero attached hydrogens (tertiary/aromatic N) is 1. The number of morpholine rings is 1. The van der Waals surface area contributed by atoms with Crippen molar-refractivity contribution in [2.24, 2.45) is 0 Å². The Morgan fingerprint density at radius 3 is 2.33 bits per heavy atom. The molecule has 1 saturated heterocycles. The number of rotatable bonds is 6. The van der Waals surface area contributed by atoms with Crippen LogP contribution in [0.2, 0.25) is 0 Å². The lowest BCUT2D eigenvalue weighted by Gasteiger charge is -2.30. The maximum Gasteiger partial charge on any atom is 0.339 e. The molecule has 2 aromatic carbocycles. The van der Waals surface area contributed by atoms with Crippen LogP contribution in [0.4, 0.5) is 0 Å². The summed E-state index contributed by atoms with van der Waals surface area (Å²) in [5.41, 5.74) is 2.00. The number of esters is 1. The summed E-state index contributed by atoms with van der Waals surface area (Å²) in [7, 11) is 1.61. The maximum atomic E-state index is 13.0. The van der Waals surface area contributed by atoms with Gasteiger partial charge in [-0.1, -0.05) is 42.5 Å². The van der Waals surface area contributed by atoms with Crippen molar-refractivity contribution in [1.82, 2.24) is 4.90 Å². The van der Waals surface area contributed by atoms with E-state index < -0.39 is 12.1 Å². The van der Waals surface area contributed by atoms with Crippen LogP contribution in [0.3, 0.4) is 0 Å². The van der Waals surface area contributed by atoms with Crippen molar-refractivity contribution in [2.45, 2.75) is 12.7 Å². The summed E-state index contributed by atoms with van der Waals surface area (Å²) in [6, 6.07) is 16.1.